The Morgan fingerprint density at radius 2 is 1.89 bits per heavy atom. The van der Waals surface area contributed by atoms with Gasteiger partial charge >= 0.3 is 0 Å². The highest BCUT2D eigenvalue weighted by molar-refractivity contribution is 14.1. The fourth-order valence-electron chi connectivity index (χ4n) is 2.51. The van der Waals surface area contributed by atoms with E-state index in [2.05, 4.69) is 34.0 Å². The second kappa shape index (κ2) is 5.80. The number of benzene rings is 1. The Labute approximate surface area is 140 Å². The SMILES string of the molecule is Clc1cc(Cl)cc(NC2CCCc3sc(I)cc32)c1. The van der Waals surface area contributed by atoms with Gasteiger partial charge in [0, 0.05) is 20.6 Å². The molecule has 3 rings (SSSR count). The highest BCUT2D eigenvalue weighted by atomic mass is 127. The topological polar surface area (TPSA) is 12.0 Å². The van der Waals surface area contributed by atoms with Gasteiger partial charge in [0.25, 0.3) is 0 Å². The molecular formula is C14H12Cl2INS. The zero-order valence-electron chi connectivity index (χ0n) is 10.1. The van der Waals surface area contributed by atoms with Crippen LogP contribution in [0.25, 0.3) is 0 Å². The maximum atomic E-state index is 6.05. The molecule has 0 saturated heterocycles. The first-order valence-corrected chi connectivity index (χ1v) is 8.77. The first kappa shape index (κ1) is 14.0. The molecule has 0 aliphatic heterocycles. The Balaban J connectivity index is 1.88. The average molecular weight is 424 g/mol. The summed E-state index contributed by atoms with van der Waals surface area (Å²) in [5.74, 6) is 0. The number of aryl methyl sites for hydroxylation is 1. The summed E-state index contributed by atoms with van der Waals surface area (Å²) in [7, 11) is 0. The summed E-state index contributed by atoms with van der Waals surface area (Å²) in [5, 5.41) is 4.91. The van der Waals surface area contributed by atoms with E-state index in [-0.39, 0.29) is 0 Å². The minimum Gasteiger partial charge on any atom is -0.378 e. The quantitative estimate of drug-likeness (QED) is 0.571. The van der Waals surface area contributed by atoms with Gasteiger partial charge in [-0.1, -0.05) is 23.2 Å². The third-order valence-electron chi connectivity index (χ3n) is 3.29. The summed E-state index contributed by atoms with van der Waals surface area (Å²) in [6, 6.07) is 8.29. The molecule has 0 bridgehead atoms. The summed E-state index contributed by atoms with van der Waals surface area (Å²) in [4.78, 5) is 1.52. The third-order valence-corrected chi connectivity index (χ3v) is 5.69. The summed E-state index contributed by atoms with van der Waals surface area (Å²) < 4.78 is 1.36. The molecule has 1 aromatic heterocycles. The van der Waals surface area contributed by atoms with Gasteiger partial charge in [0.2, 0.25) is 0 Å². The van der Waals surface area contributed by atoms with Gasteiger partial charge in [0.15, 0.2) is 0 Å². The molecular weight excluding hydrogens is 412 g/mol. The molecule has 19 heavy (non-hydrogen) atoms. The van der Waals surface area contributed by atoms with Crippen LogP contribution in [-0.4, -0.2) is 0 Å². The molecule has 0 amide bonds. The highest BCUT2D eigenvalue weighted by Crippen LogP contribution is 2.38. The van der Waals surface area contributed by atoms with Crippen molar-refractivity contribution >= 4 is 62.8 Å². The number of hydrogen-bond donors (Lipinski definition) is 1. The maximum absolute atomic E-state index is 6.05. The van der Waals surface area contributed by atoms with Gasteiger partial charge in [0.1, 0.15) is 0 Å². The van der Waals surface area contributed by atoms with Crippen molar-refractivity contribution in [2.45, 2.75) is 25.3 Å². The van der Waals surface area contributed by atoms with Crippen LogP contribution in [0.4, 0.5) is 5.69 Å². The van der Waals surface area contributed by atoms with Crippen LogP contribution in [0.2, 0.25) is 10.0 Å². The van der Waals surface area contributed by atoms with Crippen LogP contribution in [0.3, 0.4) is 0 Å². The van der Waals surface area contributed by atoms with Crippen LogP contribution >= 0.6 is 57.1 Å². The number of nitrogens with one attached hydrogen (secondary N) is 1. The minimum absolute atomic E-state index is 0.373. The third kappa shape index (κ3) is 3.20. The Kier molecular flexibility index (Phi) is 4.27. The fourth-order valence-corrected chi connectivity index (χ4v) is 5.16. The molecule has 1 N–H and O–H groups in total. The van der Waals surface area contributed by atoms with E-state index in [1.54, 1.807) is 6.07 Å². The molecule has 0 spiro atoms. The molecule has 5 heteroatoms. The number of rotatable bonds is 2. The van der Waals surface area contributed by atoms with Crippen molar-refractivity contribution in [1.82, 2.24) is 0 Å². The summed E-state index contributed by atoms with van der Waals surface area (Å²) in [6.07, 6.45) is 3.59. The lowest BCUT2D eigenvalue weighted by Gasteiger charge is -2.24. The standard InChI is InChI=1S/C14H12Cl2INS/c15-8-4-9(16)6-10(5-8)18-12-2-1-3-13-11(12)7-14(17)19-13/h4-7,12,18H,1-3H2. The van der Waals surface area contributed by atoms with Crippen molar-refractivity contribution in [1.29, 1.82) is 0 Å². The average Bonchev–Trinajstić information content (AvgIpc) is 2.69. The van der Waals surface area contributed by atoms with E-state index in [1.807, 2.05) is 23.5 Å². The van der Waals surface area contributed by atoms with Gasteiger partial charge in [-0.05, 0) is 71.7 Å². The highest BCUT2D eigenvalue weighted by Gasteiger charge is 2.22. The zero-order valence-corrected chi connectivity index (χ0v) is 14.5. The van der Waals surface area contributed by atoms with E-state index in [0.29, 0.717) is 16.1 Å². The molecule has 1 nitrogen and oxygen atoms in total. The predicted octanol–water partition coefficient (Wildman–Crippen LogP) is 6.15. The predicted molar refractivity (Wildman–Crippen MR) is 92.8 cm³/mol. The van der Waals surface area contributed by atoms with E-state index in [0.717, 1.165) is 12.1 Å². The van der Waals surface area contributed by atoms with Crippen molar-refractivity contribution in [2.24, 2.45) is 0 Å². The maximum Gasteiger partial charge on any atom is 0.0660 e. The van der Waals surface area contributed by atoms with Crippen molar-refractivity contribution < 1.29 is 0 Å². The number of halogens is 3. The van der Waals surface area contributed by atoms with E-state index in [9.17, 15) is 0 Å². The van der Waals surface area contributed by atoms with Gasteiger partial charge in [0.05, 0.1) is 8.93 Å². The molecule has 1 aliphatic carbocycles. The second-order valence-corrected chi connectivity index (χ2v) is 8.58. The summed E-state index contributed by atoms with van der Waals surface area (Å²) >= 11 is 16.4. The first-order chi connectivity index (χ1) is 9.11. The first-order valence-electron chi connectivity index (χ1n) is 6.12. The molecule has 2 aromatic rings. The molecule has 1 heterocycles. The Hall–Kier alpha value is 0.0300. The monoisotopic (exact) mass is 423 g/mol. The lowest BCUT2D eigenvalue weighted by molar-refractivity contribution is 0.609. The normalized spacial score (nSPS) is 18.2. The molecule has 100 valence electrons. The number of anilines is 1. The second-order valence-electron chi connectivity index (χ2n) is 4.68. The van der Waals surface area contributed by atoms with Crippen molar-refractivity contribution in [2.75, 3.05) is 5.32 Å². The van der Waals surface area contributed by atoms with Gasteiger partial charge in [-0.25, -0.2) is 0 Å². The lowest BCUT2D eigenvalue weighted by Crippen LogP contribution is -2.15. The van der Waals surface area contributed by atoms with Crippen molar-refractivity contribution in [3.05, 3.63) is 47.6 Å². The molecule has 1 atom stereocenters. The largest absolute Gasteiger partial charge is 0.378 e. The smallest absolute Gasteiger partial charge is 0.0660 e. The van der Waals surface area contributed by atoms with Crippen LogP contribution in [0, 0.1) is 2.88 Å². The zero-order chi connectivity index (χ0) is 13.4. The molecule has 1 aliphatic rings. The number of hydrogen-bond acceptors (Lipinski definition) is 2. The van der Waals surface area contributed by atoms with E-state index < -0.39 is 0 Å². The summed E-state index contributed by atoms with van der Waals surface area (Å²) in [6.45, 7) is 0. The van der Waals surface area contributed by atoms with E-state index in [4.69, 9.17) is 23.2 Å². The van der Waals surface area contributed by atoms with Crippen molar-refractivity contribution in [3.8, 4) is 0 Å². The van der Waals surface area contributed by atoms with Crippen LogP contribution in [0.15, 0.2) is 24.3 Å². The molecule has 0 radical (unpaired) electrons. The fraction of sp³-hybridized carbons (Fsp3) is 0.286. The van der Waals surface area contributed by atoms with Gasteiger partial charge in [-0.2, -0.15) is 0 Å². The van der Waals surface area contributed by atoms with Crippen molar-refractivity contribution in [3.63, 3.8) is 0 Å². The van der Waals surface area contributed by atoms with Gasteiger partial charge in [-0.3, -0.25) is 0 Å². The molecule has 1 unspecified atom stereocenters. The molecule has 0 saturated carbocycles. The minimum atomic E-state index is 0.373. The van der Waals surface area contributed by atoms with E-state index in [1.165, 1.54) is 26.2 Å². The van der Waals surface area contributed by atoms with Gasteiger partial charge in [-0.15, -0.1) is 11.3 Å². The van der Waals surface area contributed by atoms with Gasteiger partial charge < -0.3 is 5.32 Å². The van der Waals surface area contributed by atoms with E-state index >= 15 is 0 Å². The molecule has 1 aromatic carbocycles. The lowest BCUT2D eigenvalue weighted by atomic mass is 9.94. The number of fused-ring (bicyclic) bond motifs is 1. The van der Waals surface area contributed by atoms with Crippen LogP contribution in [0.5, 0.6) is 0 Å². The van der Waals surface area contributed by atoms with Crippen LogP contribution < -0.4 is 5.32 Å². The Morgan fingerprint density at radius 3 is 2.63 bits per heavy atom. The number of thiophene rings is 1. The van der Waals surface area contributed by atoms with Crippen LogP contribution in [-0.2, 0) is 6.42 Å². The Bertz CT molecular complexity index is 591. The molecule has 0 fully saturated rings. The summed E-state index contributed by atoms with van der Waals surface area (Å²) in [5.41, 5.74) is 2.44. The van der Waals surface area contributed by atoms with Crippen LogP contribution in [0.1, 0.15) is 29.3 Å². The Morgan fingerprint density at radius 1 is 1.16 bits per heavy atom.